The molecule has 0 aliphatic carbocycles. The summed E-state index contributed by atoms with van der Waals surface area (Å²) in [5.41, 5.74) is 7.59. The molecular formula is C30H46I2N2. The van der Waals surface area contributed by atoms with Crippen molar-refractivity contribution in [1.29, 1.82) is 0 Å². The van der Waals surface area contributed by atoms with Crippen molar-refractivity contribution in [1.82, 2.24) is 9.80 Å². The minimum atomic E-state index is -0.0364. The van der Waals surface area contributed by atoms with E-state index in [1.165, 1.54) is 28.1 Å². The van der Waals surface area contributed by atoms with Crippen LogP contribution in [-0.2, 0) is 0 Å². The zero-order valence-electron chi connectivity index (χ0n) is 23.5. The Morgan fingerprint density at radius 2 is 1.29 bits per heavy atom. The maximum Gasteiger partial charge on any atom is 0.0858 e. The predicted octanol–water partition coefficient (Wildman–Crippen LogP) is 8.95. The lowest BCUT2D eigenvalue weighted by Crippen LogP contribution is -2.37. The highest BCUT2D eigenvalue weighted by molar-refractivity contribution is 14.1. The fourth-order valence-corrected chi connectivity index (χ4v) is 4.29. The number of hydrogen-bond donors (Lipinski definition) is 0. The lowest BCUT2D eigenvalue weighted by molar-refractivity contribution is 0.318. The summed E-state index contributed by atoms with van der Waals surface area (Å²) >= 11 is 4.99. The Balaban J connectivity index is 6.42. The van der Waals surface area contributed by atoms with Crippen LogP contribution in [0.4, 0.5) is 0 Å². The molecule has 0 aromatic carbocycles. The number of alkyl halides is 2. The maximum absolute atomic E-state index is 5.84. The van der Waals surface area contributed by atoms with Crippen LogP contribution in [0.5, 0.6) is 0 Å². The molecule has 0 aromatic rings. The van der Waals surface area contributed by atoms with Crippen LogP contribution in [0.15, 0.2) is 45.8 Å². The molecule has 0 radical (unpaired) electrons. The first-order valence-electron chi connectivity index (χ1n) is 12.0. The second-order valence-corrected chi connectivity index (χ2v) is 15.7. The molecule has 0 saturated carbocycles. The number of hydrogen-bond acceptors (Lipinski definition) is 2. The van der Waals surface area contributed by atoms with Crippen molar-refractivity contribution in [3.63, 3.8) is 0 Å². The van der Waals surface area contributed by atoms with Gasteiger partial charge >= 0.3 is 0 Å². The van der Waals surface area contributed by atoms with E-state index in [4.69, 9.17) is 12.8 Å². The third kappa shape index (κ3) is 9.65. The Kier molecular flexibility index (Phi) is 13.7. The largest absolute Gasteiger partial charge is 0.360 e. The average Bonchev–Trinajstić information content (AvgIpc) is 2.70. The maximum atomic E-state index is 5.84. The normalized spacial score (nSPS) is 15.8. The van der Waals surface area contributed by atoms with E-state index in [2.05, 4.69) is 150 Å². The summed E-state index contributed by atoms with van der Waals surface area (Å²) in [5.74, 6) is 6.29. The first-order chi connectivity index (χ1) is 15.4. The van der Waals surface area contributed by atoms with E-state index >= 15 is 0 Å². The van der Waals surface area contributed by atoms with Crippen molar-refractivity contribution >= 4 is 45.2 Å². The van der Waals surface area contributed by atoms with Gasteiger partial charge in [-0.3, -0.25) is 0 Å². The van der Waals surface area contributed by atoms with Crippen LogP contribution in [0.1, 0.15) is 82.1 Å². The molecule has 0 heterocycles. The Morgan fingerprint density at radius 1 is 0.853 bits per heavy atom. The standard InChI is InChI=1S/C30H46I2N2/c1-15-17-23(6)27(33(13)29(9,10)31)24(7)20-19-22(5)26(18-16-2)28(25(8)21(3)4)34(14)30(11,12)32/h1-2,17-18,21-22H,19-20H2,3-14H3/b23-17-,26-18-,27-24-,28-25-. The number of terminal acetylenes is 2. The number of rotatable bonds is 11. The Hall–Kier alpha value is -0.860. The van der Waals surface area contributed by atoms with Crippen molar-refractivity contribution < 1.29 is 0 Å². The highest BCUT2D eigenvalue weighted by atomic mass is 127. The van der Waals surface area contributed by atoms with Gasteiger partial charge in [-0.1, -0.05) is 77.8 Å². The third-order valence-electron chi connectivity index (χ3n) is 6.58. The molecule has 34 heavy (non-hydrogen) atoms. The fraction of sp³-hybridized carbons (Fsp3) is 0.600. The molecule has 1 unspecified atom stereocenters. The highest BCUT2D eigenvalue weighted by Gasteiger charge is 2.28. The highest BCUT2D eigenvalue weighted by Crippen LogP contribution is 2.37. The number of likely N-dealkylation sites (N-methyl/N-ethyl adjacent to an activating group) is 2. The minimum absolute atomic E-state index is 0.0307. The lowest BCUT2D eigenvalue weighted by atomic mass is 9.86. The van der Waals surface area contributed by atoms with Crippen molar-refractivity contribution in [2.24, 2.45) is 11.8 Å². The molecule has 2 nitrogen and oxygen atoms in total. The molecule has 4 heteroatoms. The van der Waals surface area contributed by atoms with Crippen molar-refractivity contribution in [3.05, 3.63) is 45.8 Å². The molecule has 0 N–H and O–H groups in total. The van der Waals surface area contributed by atoms with E-state index in [-0.39, 0.29) is 7.09 Å². The fourth-order valence-electron chi connectivity index (χ4n) is 3.81. The molecule has 0 aliphatic heterocycles. The summed E-state index contributed by atoms with van der Waals surface area (Å²) in [4.78, 5) is 4.71. The zero-order chi connectivity index (χ0) is 27.0. The van der Waals surface area contributed by atoms with E-state index in [0.717, 1.165) is 18.4 Å². The summed E-state index contributed by atoms with van der Waals surface area (Å²) in [5, 5.41) is 0. The molecule has 1 atom stereocenters. The monoisotopic (exact) mass is 688 g/mol. The Bertz CT molecular complexity index is 903. The third-order valence-corrected chi connectivity index (χ3v) is 8.03. The van der Waals surface area contributed by atoms with E-state index in [9.17, 15) is 0 Å². The Morgan fingerprint density at radius 3 is 1.68 bits per heavy atom. The summed E-state index contributed by atoms with van der Waals surface area (Å²) in [6.45, 7) is 22.3. The van der Waals surface area contributed by atoms with Gasteiger partial charge in [0, 0.05) is 25.5 Å². The van der Waals surface area contributed by atoms with Crippen LogP contribution < -0.4 is 0 Å². The summed E-state index contributed by atoms with van der Waals surface area (Å²) in [6, 6.07) is 0. The van der Waals surface area contributed by atoms with E-state index in [1.807, 2.05) is 12.2 Å². The second kappa shape index (κ2) is 14.0. The van der Waals surface area contributed by atoms with Gasteiger partial charge in [0.05, 0.1) is 7.09 Å². The van der Waals surface area contributed by atoms with Gasteiger partial charge in [0.25, 0.3) is 0 Å². The minimum Gasteiger partial charge on any atom is -0.360 e. The van der Waals surface area contributed by atoms with Crippen LogP contribution in [0.3, 0.4) is 0 Å². The van der Waals surface area contributed by atoms with E-state index < -0.39 is 0 Å². The lowest BCUT2D eigenvalue weighted by Gasteiger charge is -2.39. The topological polar surface area (TPSA) is 6.48 Å². The van der Waals surface area contributed by atoms with E-state index in [0.29, 0.717) is 11.8 Å². The second-order valence-electron chi connectivity index (χ2n) is 10.5. The van der Waals surface area contributed by atoms with Gasteiger partial charge in [0.2, 0.25) is 0 Å². The molecule has 0 saturated heterocycles. The summed E-state index contributed by atoms with van der Waals surface area (Å²) in [7, 11) is 4.33. The molecular weight excluding hydrogens is 642 g/mol. The molecule has 0 bridgehead atoms. The van der Waals surface area contributed by atoms with E-state index in [1.54, 1.807) is 0 Å². The van der Waals surface area contributed by atoms with Gasteiger partial charge in [-0.2, -0.15) is 0 Å². The SMILES string of the molecule is C#C/C=C(C)\C(=C(/C)CCC(C)C(=C/C#C)/C(=C(\C)C(C)C)N(C)C(C)(C)I)N(C)C(C)(C)I. The van der Waals surface area contributed by atoms with Crippen molar-refractivity contribution in [2.45, 2.75) is 89.2 Å². The number of halogens is 2. The first kappa shape index (κ1) is 33.1. The summed E-state index contributed by atoms with van der Waals surface area (Å²) in [6.07, 6.45) is 17.3. The molecule has 0 fully saturated rings. The van der Waals surface area contributed by atoms with Crippen molar-refractivity contribution in [3.8, 4) is 24.7 Å². The number of allylic oxidation sites excluding steroid dienone is 6. The zero-order valence-corrected chi connectivity index (χ0v) is 27.8. The summed E-state index contributed by atoms with van der Waals surface area (Å²) < 4.78 is -0.0670. The van der Waals surface area contributed by atoms with Crippen LogP contribution in [0.25, 0.3) is 0 Å². The molecule has 0 rings (SSSR count). The van der Waals surface area contributed by atoms with Crippen LogP contribution in [0.2, 0.25) is 0 Å². The van der Waals surface area contributed by atoms with Crippen LogP contribution in [0, 0.1) is 36.5 Å². The van der Waals surface area contributed by atoms with Gasteiger partial charge in [0.15, 0.2) is 0 Å². The van der Waals surface area contributed by atoms with Gasteiger partial charge in [0.1, 0.15) is 0 Å². The van der Waals surface area contributed by atoms with Crippen molar-refractivity contribution in [2.75, 3.05) is 14.1 Å². The smallest absolute Gasteiger partial charge is 0.0858 e. The molecule has 0 spiro atoms. The van der Waals surface area contributed by atoms with Gasteiger partial charge in [-0.15, -0.1) is 12.8 Å². The molecule has 0 aliphatic rings. The molecule has 0 amide bonds. The van der Waals surface area contributed by atoms with Crippen LogP contribution >= 0.6 is 45.2 Å². The molecule has 190 valence electrons. The number of nitrogens with zero attached hydrogens (tertiary/aromatic N) is 2. The first-order valence-corrected chi connectivity index (χ1v) is 14.1. The van der Waals surface area contributed by atoms with Gasteiger partial charge in [-0.05, 0) is 108 Å². The van der Waals surface area contributed by atoms with Gasteiger partial charge < -0.3 is 9.80 Å². The average molecular weight is 689 g/mol. The molecule has 0 aromatic heterocycles. The van der Waals surface area contributed by atoms with Gasteiger partial charge in [-0.25, -0.2) is 0 Å². The predicted molar refractivity (Wildman–Crippen MR) is 170 cm³/mol. The quantitative estimate of drug-likeness (QED) is 0.0704. The van der Waals surface area contributed by atoms with Crippen LogP contribution in [-0.4, -0.2) is 31.0 Å². The Labute approximate surface area is 239 Å².